The van der Waals surface area contributed by atoms with Crippen molar-refractivity contribution in [1.29, 1.82) is 0 Å². The molecule has 0 atom stereocenters. The minimum absolute atomic E-state index is 0.0788. The molecule has 2 rings (SSSR count). The number of aryl methyl sites for hydroxylation is 1. The fraction of sp³-hybridized carbons (Fsp3) is 0.267. The van der Waals surface area contributed by atoms with Crippen LogP contribution < -0.4 is 10.1 Å². The maximum atomic E-state index is 11.9. The van der Waals surface area contributed by atoms with E-state index in [4.69, 9.17) is 4.74 Å². The van der Waals surface area contributed by atoms with Crippen LogP contribution in [0.25, 0.3) is 0 Å². The van der Waals surface area contributed by atoms with Gasteiger partial charge in [0.05, 0.1) is 12.4 Å². The van der Waals surface area contributed by atoms with Crippen LogP contribution in [0.5, 0.6) is 5.75 Å². The van der Waals surface area contributed by atoms with Crippen molar-refractivity contribution in [2.24, 2.45) is 0 Å². The molecule has 1 amide bonds. The van der Waals surface area contributed by atoms with Crippen molar-refractivity contribution in [3.05, 3.63) is 42.4 Å². The normalized spacial score (nSPS) is 10.2. The number of nitrogens with one attached hydrogen (secondary N) is 1. The van der Waals surface area contributed by atoms with Crippen molar-refractivity contribution >= 4 is 23.4 Å². The van der Waals surface area contributed by atoms with E-state index >= 15 is 0 Å². The van der Waals surface area contributed by atoms with E-state index < -0.39 is 0 Å². The van der Waals surface area contributed by atoms with Crippen LogP contribution in [-0.2, 0) is 4.79 Å². The quantitative estimate of drug-likeness (QED) is 0.656. The highest BCUT2D eigenvalue weighted by Crippen LogP contribution is 2.19. The van der Waals surface area contributed by atoms with Gasteiger partial charge in [-0.25, -0.2) is 9.97 Å². The first-order valence-electron chi connectivity index (χ1n) is 6.61. The summed E-state index contributed by atoms with van der Waals surface area (Å²) in [4.78, 5) is 20.1. The van der Waals surface area contributed by atoms with Gasteiger partial charge in [-0.1, -0.05) is 17.8 Å². The lowest BCUT2D eigenvalue weighted by Gasteiger charge is -2.07. The lowest BCUT2D eigenvalue weighted by atomic mass is 10.3. The first-order valence-corrected chi connectivity index (χ1v) is 7.60. The number of carbonyl (C=O) groups is 1. The second-order valence-corrected chi connectivity index (χ2v) is 5.29. The molecule has 0 radical (unpaired) electrons. The molecule has 0 aliphatic rings. The van der Waals surface area contributed by atoms with Crippen molar-refractivity contribution in [2.75, 3.05) is 17.7 Å². The monoisotopic (exact) mass is 303 g/mol. The maximum absolute atomic E-state index is 11.9. The third kappa shape index (κ3) is 5.07. The summed E-state index contributed by atoms with van der Waals surface area (Å²) in [6.07, 6.45) is 1.50. The Labute approximate surface area is 128 Å². The minimum atomic E-state index is -0.0788. The van der Waals surface area contributed by atoms with Crippen molar-refractivity contribution in [3.63, 3.8) is 0 Å². The maximum Gasteiger partial charge on any atom is 0.234 e. The molecule has 1 heterocycles. The van der Waals surface area contributed by atoms with Crippen molar-refractivity contribution in [2.45, 2.75) is 18.9 Å². The number of benzene rings is 1. The standard InChI is InChI=1S/C15H17N3O2S/c1-3-20-13-6-4-5-12(8-13)18-14(19)9-21-15-7-11(2)16-10-17-15/h4-8,10H,3,9H2,1-2H3,(H,18,19). The van der Waals surface area contributed by atoms with Gasteiger partial charge >= 0.3 is 0 Å². The van der Waals surface area contributed by atoms with Gasteiger partial charge in [-0.3, -0.25) is 4.79 Å². The summed E-state index contributed by atoms with van der Waals surface area (Å²) in [5.74, 6) is 0.967. The van der Waals surface area contributed by atoms with E-state index in [1.807, 2.05) is 38.1 Å². The van der Waals surface area contributed by atoms with Crippen LogP contribution in [0.1, 0.15) is 12.6 Å². The average molecular weight is 303 g/mol. The first-order chi connectivity index (χ1) is 10.2. The average Bonchev–Trinajstić information content (AvgIpc) is 2.46. The van der Waals surface area contributed by atoms with E-state index in [2.05, 4.69) is 15.3 Å². The van der Waals surface area contributed by atoms with Gasteiger partial charge in [0.15, 0.2) is 0 Å². The minimum Gasteiger partial charge on any atom is -0.494 e. The number of nitrogens with zero attached hydrogens (tertiary/aromatic N) is 2. The van der Waals surface area contributed by atoms with Gasteiger partial charge in [0.1, 0.15) is 17.1 Å². The fourth-order valence-electron chi connectivity index (χ4n) is 1.68. The summed E-state index contributed by atoms with van der Waals surface area (Å²) >= 11 is 1.38. The van der Waals surface area contributed by atoms with E-state index in [1.165, 1.54) is 18.1 Å². The number of aromatic nitrogens is 2. The number of ether oxygens (including phenoxy) is 1. The van der Waals surface area contributed by atoms with Crippen LogP contribution in [0.2, 0.25) is 0 Å². The Morgan fingerprint density at radius 2 is 2.19 bits per heavy atom. The summed E-state index contributed by atoms with van der Waals surface area (Å²) in [7, 11) is 0. The van der Waals surface area contributed by atoms with Gasteiger partial charge in [-0.15, -0.1) is 0 Å². The summed E-state index contributed by atoms with van der Waals surface area (Å²) in [6, 6.07) is 9.20. The lowest BCUT2D eigenvalue weighted by molar-refractivity contribution is -0.113. The van der Waals surface area contributed by atoms with Gasteiger partial charge in [0.25, 0.3) is 0 Å². The number of thioether (sulfide) groups is 1. The zero-order chi connectivity index (χ0) is 15.1. The molecule has 5 nitrogen and oxygen atoms in total. The SMILES string of the molecule is CCOc1cccc(NC(=O)CSc2cc(C)ncn2)c1. The molecule has 1 N–H and O–H groups in total. The van der Waals surface area contributed by atoms with Crippen LogP contribution in [0.4, 0.5) is 5.69 Å². The topological polar surface area (TPSA) is 64.1 Å². The molecular weight excluding hydrogens is 286 g/mol. The van der Waals surface area contributed by atoms with E-state index in [0.29, 0.717) is 12.4 Å². The second kappa shape index (κ2) is 7.64. The van der Waals surface area contributed by atoms with Gasteiger partial charge in [-0.2, -0.15) is 0 Å². The summed E-state index contributed by atoms with van der Waals surface area (Å²) < 4.78 is 5.40. The Morgan fingerprint density at radius 1 is 1.33 bits per heavy atom. The summed E-state index contributed by atoms with van der Waals surface area (Å²) in [6.45, 7) is 4.41. The smallest absolute Gasteiger partial charge is 0.234 e. The van der Waals surface area contributed by atoms with Gasteiger partial charge in [0.2, 0.25) is 5.91 Å². The van der Waals surface area contributed by atoms with E-state index in [0.717, 1.165) is 22.2 Å². The predicted octanol–water partition coefficient (Wildman–Crippen LogP) is 2.91. The van der Waals surface area contributed by atoms with Crippen molar-refractivity contribution in [1.82, 2.24) is 9.97 Å². The van der Waals surface area contributed by atoms with E-state index in [1.54, 1.807) is 6.07 Å². The fourth-order valence-corrected chi connectivity index (χ4v) is 2.40. The molecule has 0 aliphatic carbocycles. The van der Waals surface area contributed by atoms with Crippen LogP contribution in [-0.4, -0.2) is 28.2 Å². The van der Waals surface area contributed by atoms with E-state index in [9.17, 15) is 4.79 Å². The molecule has 21 heavy (non-hydrogen) atoms. The molecule has 1 aromatic heterocycles. The highest BCUT2D eigenvalue weighted by molar-refractivity contribution is 7.99. The zero-order valence-corrected chi connectivity index (χ0v) is 12.8. The van der Waals surface area contributed by atoms with Gasteiger partial charge < -0.3 is 10.1 Å². The first kappa shape index (κ1) is 15.3. The molecule has 1 aromatic carbocycles. The van der Waals surface area contributed by atoms with Crippen molar-refractivity contribution < 1.29 is 9.53 Å². The Balaban J connectivity index is 1.88. The number of carbonyl (C=O) groups excluding carboxylic acids is 1. The lowest BCUT2D eigenvalue weighted by Crippen LogP contribution is -2.14. The highest BCUT2D eigenvalue weighted by Gasteiger charge is 2.05. The van der Waals surface area contributed by atoms with Crippen molar-refractivity contribution in [3.8, 4) is 5.75 Å². The molecule has 110 valence electrons. The van der Waals surface area contributed by atoms with Crippen LogP contribution in [0, 0.1) is 6.92 Å². The number of hydrogen-bond donors (Lipinski definition) is 1. The summed E-state index contributed by atoms with van der Waals surface area (Å²) in [5.41, 5.74) is 1.61. The molecule has 0 aliphatic heterocycles. The van der Waals surface area contributed by atoms with E-state index in [-0.39, 0.29) is 5.91 Å². The van der Waals surface area contributed by atoms with Gasteiger partial charge in [-0.05, 0) is 32.0 Å². The molecule has 2 aromatic rings. The second-order valence-electron chi connectivity index (χ2n) is 4.30. The molecule has 0 spiro atoms. The molecule has 0 bridgehead atoms. The Morgan fingerprint density at radius 3 is 2.95 bits per heavy atom. The van der Waals surface area contributed by atoms with Crippen LogP contribution in [0.3, 0.4) is 0 Å². The molecule has 6 heteroatoms. The Hall–Kier alpha value is -2.08. The molecule has 0 unspecified atom stereocenters. The number of rotatable bonds is 6. The Kier molecular flexibility index (Phi) is 5.57. The Bertz CT molecular complexity index is 619. The molecule has 0 fully saturated rings. The van der Waals surface area contributed by atoms with Gasteiger partial charge in [0, 0.05) is 17.4 Å². The molecular formula is C15H17N3O2S. The van der Waals surface area contributed by atoms with Crippen LogP contribution in [0.15, 0.2) is 41.7 Å². The third-order valence-electron chi connectivity index (χ3n) is 2.56. The zero-order valence-electron chi connectivity index (χ0n) is 12.0. The number of anilines is 1. The number of amides is 1. The molecule has 0 saturated heterocycles. The number of hydrogen-bond acceptors (Lipinski definition) is 5. The third-order valence-corrected chi connectivity index (χ3v) is 3.48. The molecule has 0 saturated carbocycles. The highest BCUT2D eigenvalue weighted by atomic mass is 32.2. The van der Waals surface area contributed by atoms with Crippen LogP contribution >= 0.6 is 11.8 Å². The summed E-state index contributed by atoms with van der Waals surface area (Å²) in [5, 5.41) is 3.63. The predicted molar refractivity (Wildman–Crippen MR) is 83.7 cm³/mol. The largest absolute Gasteiger partial charge is 0.494 e.